The Morgan fingerprint density at radius 2 is 2.24 bits per heavy atom. The molecule has 1 unspecified atom stereocenters. The molecule has 7 heteroatoms. The normalized spacial score (nSPS) is 20.9. The molecule has 1 aromatic carbocycles. The fourth-order valence-electron chi connectivity index (χ4n) is 2.43. The fourth-order valence-corrected chi connectivity index (χ4v) is 5.52. The number of thiophene rings is 1. The Balaban J connectivity index is 1.85. The number of benzene rings is 1. The topological polar surface area (TPSA) is 55.2 Å². The summed E-state index contributed by atoms with van der Waals surface area (Å²) in [6.45, 7) is 2.23. The van der Waals surface area contributed by atoms with E-state index >= 15 is 0 Å². The summed E-state index contributed by atoms with van der Waals surface area (Å²) in [7, 11) is 0. The first-order valence-electron chi connectivity index (χ1n) is 6.49. The second kappa shape index (κ2) is 5.98. The van der Waals surface area contributed by atoms with Gasteiger partial charge >= 0.3 is 0 Å². The lowest BCUT2D eigenvalue weighted by molar-refractivity contribution is -0.385. The van der Waals surface area contributed by atoms with Crippen molar-refractivity contribution >= 4 is 50.4 Å². The molecule has 0 radical (unpaired) electrons. The molecule has 3 rings (SSSR count). The molecule has 4 nitrogen and oxygen atoms in total. The number of anilines is 1. The maximum absolute atomic E-state index is 10.8. The molecule has 110 valence electrons. The largest absolute Gasteiger partial charge is 0.378 e. The van der Waals surface area contributed by atoms with Crippen molar-refractivity contribution in [2.45, 2.75) is 28.8 Å². The first kappa shape index (κ1) is 14.9. The van der Waals surface area contributed by atoms with Gasteiger partial charge in [0.25, 0.3) is 5.69 Å². The van der Waals surface area contributed by atoms with Gasteiger partial charge in [0.1, 0.15) is 0 Å². The van der Waals surface area contributed by atoms with Crippen LogP contribution in [0.15, 0.2) is 38.3 Å². The van der Waals surface area contributed by atoms with Gasteiger partial charge in [0.15, 0.2) is 0 Å². The molecule has 1 N–H and O–H groups in total. The number of rotatable bonds is 3. The smallest absolute Gasteiger partial charge is 0.283 e. The van der Waals surface area contributed by atoms with Gasteiger partial charge < -0.3 is 5.32 Å². The number of nitro benzene ring substituents is 1. The molecule has 0 spiro atoms. The van der Waals surface area contributed by atoms with E-state index in [9.17, 15) is 10.1 Å². The van der Waals surface area contributed by atoms with E-state index in [0.29, 0.717) is 9.72 Å². The minimum atomic E-state index is -0.385. The van der Waals surface area contributed by atoms with Crippen molar-refractivity contribution < 1.29 is 4.92 Å². The molecule has 1 aromatic heterocycles. The highest BCUT2D eigenvalue weighted by molar-refractivity contribution is 9.10. The first-order valence-corrected chi connectivity index (χ1v) is 9.04. The zero-order valence-corrected chi connectivity index (χ0v) is 14.4. The predicted octanol–water partition coefficient (Wildman–Crippen LogP) is 5.46. The summed E-state index contributed by atoms with van der Waals surface area (Å²) in [5, 5.41) is 17.0. The van der Waals surface area contributed by atoms with Crippen LogP contribution in [-0.4, -0.2) is 10.2 Å². The van der Waals surface area contributed by atoms with Crippen LogP contribution in [0.1, 0.15) is 24.9 Å². The van der Waals surface area contributed by atoms with Gasteiger partial charge in [-0.25, -0.2) is 0 Å². The van der Waals surface area contributed by atoms with E-state index < -0.39 is 0 Å². The SMILES string of the molecule is C[C@H]1CC(Nc2ccc([N+](=O)[O-])c(Br)c2)c2ccsc2S1. The van der Waals surface area contributed by atoms with Crippen LogP contribution in [0, 0.1) is 10.1 Å². The summed E-state index contributed by atoms with van der Waals surface area (Å²) in [5.41, 5.74) is 2.32. The molecule has 1 aliphatic rings. The Bertz CT molecular complexity index is 689. The van der Waals surface area contributed by atoms with Crippen molar-refractivity contribution in [3.63, 3.8) is 0 Å². The van der Waals surface area contributed by atoms with E-state index in [1.54, 1.807) is 23.5 Å². The number of hydrogen-bond acceptors (Lipinski definition) is 5. The Hall–Kier alpha value is -1.05. The van der Waals surface area contributed by atoms with Crippen LogP contribution in [0.4, 0.5) is 11.4 Å². The van der Waals surface area contributed by atoms with E-state index in [1.165, 1.54) is 15.8 Å². The summed E-state index contributed by atoms with van der Waals surface area (Å²) in [6, 6.07) is 7.49. The highest BCUT2D eigenvalue weighted by atomic mass is 79.9. The average Bonchev–Trinajstić information content (AvgIpc) is 2.86. The lowest BCUT2D eigenvalue weighted by atomic mass is 10.0. The van der Waals surface area contributed by atoms with Gasteiger partial charge in [-0.1, -0.05) is 6.92 Å². The van der Waals surface area contributed by atoms with Crippen LogP contribution >= 0.6 is 39.0 Å². The maximum Gasteiger partial charge on any atom is 0.283 e. The van der Waals surface area contributed by atoms with Crippen molar-refractivity contribution in [2.75, 3.05) is 5.32 Å². The Morgan fingerprint density at radius 3 is 2.95 bits per heavy atom. The van der Waals surface area contributed by atoms with Gasteiger partial charge in [0.05, 0.1) is 19.6 Å². The van der Waals surface area contributed by atoms with E-state index in [2.05, 4.69) is 39.6 Å². The molecule has 2 heterocycles. The molecular formula is C14H13BrN2O2S2. The molecule has 0 fully saturated rings. The zero-order chi connectivity index (χ0) is 15.0. The Morgan fingerprint density at radius 1 is 1.43 bits per heavy atom. The number of fused-ring (bicyclic) bond motifs is 1. The van der Waals surface area contributed by atoms with Crippen LogP contribution < -0.4 is 5.32 Å². The molecule has 0 aliphatic carbocycles. The third kappa shape index (κ3) is 3.09. The second-order valence-electron chi connectivity index (χ2n) is 4.95. The number of hydrogen-bond donors (Lipinski definition) is 1. The molecule has 1 aliphatic heterocycles. The van der Waals surface area contributed by atoms with Crippen LogP contribution in [-0.2, 0) is 0 Å². The van der Waals surface area contributed by atoms with Crippen LogP contribution in [0.25, 0.3) is 0 Å². The minimum absolute atomic E-state index is 0.0874. The molecular weight excluding hydrogens is 372 g/mol. The summed E-state index contributed by atoms with van der Waals surface area (Å²) in [5.74, 6) is 0. The molecule has 2 aromatic rings. The number of thioether (sulfide) groups is 1. The highest BCUT2D eigenvalue weighted by Crippen LogP contribution is 2.45. The highest BCUT2D eigenvalue weighted by Gasteiger charge is 2.26. The van der Waals surface area contributed by atoms with Crippen LogP contribution in [0.2, 0.25) is 0 Å². The Labute approximate surface area is 139 Å². The summed E-state index contributed by atoms with van der Waals surface area (Å²) in [4.78, 5) is 10.5. The van der Waals surface area contributed by atoms with Crippen molar-refractivity contribution in [1.29, 1.82) is 0 Å². The van der Waals surface area contributed by atoms with Gasteiger partial charge in [0, 0.05) is 17.0 Å². The summed E-state index contributed by atoms with van der Waals surface area (Å²) < 4.78 is 1.87. The van der Waals surface area contributed by atoms with Crippen molar-refractivity contribution in [3.8, 4) is 0 Å². The van der Waals surface area contributed by atoms with Crippen molar-refractivity contribution in [1.82, 2.24) is 0 Å². The lowest BCUT2D eigenvalue weighted by Gasteiger charge is -2.28. The van der Waals surface area contributed by atoms with E-state index in [4.69, 9.17) is 0 Å². The molecule has 0 saturated carbocycles. The van der Waals surface area contributed by atoms with E-state index in [1.807, 2.05) is 11.8 Å². The lowest BCUT2D eigenvalue weighted by Crippen LogP contribution is -2.18. The molecule has 0 saturated heterocycles. The number of nitrogens with one attached hydrogen (secondary N) is 1. The number of nitrogens with zero attached hydrogens (tertiary/aromatic N) is 1. The Kier molecular flexibility index (Phi) is 4.24. The standard InChI is InChI=1S/C14H13BrN2O2S2/c1-8-6-12(10-4-5-20-14(10)21-8)16-9-2-3-13(17(18)19)11(15)7-9/h2-5,7-8,12,16H,6H2,1H3/t8-,12?/m0/s1. The maximum atomic E-state index is 10.8. The molecule has 0 amide bonds. The molecule has 0 bridgehead atoms. The van der Waals surface area contributed by atoms with Gasteiger partial charge in [-0.05, 0) is 51.5 Å². The van der Waals surface area contributed by atoms with Gasteiger partial charge in [0.2, 0.25) is 0 Å². The average molecular weight is 385 g/mol. The first-order chi connectivity index (χ1) is 10.0. The molecule has 2 atom stereocenters. The zero-order valence-electron chi connectivity index (χ0n) is 11.2. The van der Waals surface area contributed by atoms with Crippen molar-refractivity contribution in [3.05, 3.63) is 49.8 Å². The van der Waals surface area contributed by atoms with Crippen molar-refractivity contribution in [2.24, 2.45) is 0 Å². The number of halogens is 1. The second-order valence-corrected chi connectivity index (χ2v) is 8.43. The third-order valence-corrected chi connectivity index (χ3v) is 6.37. The van der Waals surface area contributed by atoms with Crippen LogP contribution in [0.3, 0.4) is 0 Å². The summed E-state index contributed by atoms with van der Waals surface area (Å²) in [6.07, 6.45) is 1.04. The van der Waals surface area contributed by atoms with Gasteiger partial charge in [-0.15, -0.1) is 23.1 Å². The van der Waals surface area contributed by atoms with E-state index in [0.717, 1.165) is 12.1 Å². The monoisotopic (exact) mass is 384 g/mol. The van der Waals surface area contributed by atoms with Gasteiger partial charge in [-0.3, -0.25) is 10.1 Å². The fraction of sp³-hybridized carbons (Fsp3) is 0.286. The van der Waals surface area contributed by atoms with E-state index in [-0.39, 0.29) is 16.7 Å². The van der Waals surface area contributed by atoms with Gasteiger partial charge in [-0.2, -0.15) is 0 Å². The third-order valence-electron chi connectivity index (χ3n) is 3.39. The van der Waals surface area contributed by atoms with Crippen LogP contribution in [0.5, 0.6) is 0 Å². The summed E-state index contributed by atoms with van der Waals surface area (Å²) >= 11 is 6.96. The predicted molar refractivity (Wildman–Crippen MR) is 91.4 cm³/mol. The number of nitro groups is 1. The minimum Gasteiger partial charge on any atom is -0.378 e. The quantitative estimate of drug-likeness (QED) is 0.563. The molecule has 21 heavy (non-hydrogen) atoms.